The van der Waals surface area contributed by atoms with E-state index in [9.17, 15) is 0 Å². The van der Waals surface area contributed by atoms with E-state index in [-0.39, 0.29) is 5.54 Å². The highest BCUT2D eigenvalue weighted by molar-refractivity contribution is 5.42. The summed E-state index contributed by atoms with van der Waals surface area (Å²) in [5, 5.41) is 3.48. The van der Waals surface area contributed by atoms with Crippen LogP contribution in [0.4, 0.5) is 5.95 Å². The number of ether oxygens (including phenoxy) is 2. The minimum atomic E-state index is 0.0333. The van der Waals surface area contributed by atoms with Crippen molar-refractivity contribution in [2.45, 2.75) is 19.4 Å². The molecule has 2 saturated heterocycles. The van der Waals surface area contributed by atoms with Gasteiger partial charge in [-0.1, -0.05) is 0 Å². The molecule has 1 aromatic heterocycles. The fourth-order valence-corrected chi connectivity index (χ4v) is 3.48. The molecule has 2 fully saturated rings. The summed E-state index contributed by atoms with van der Waals surface area (Å²) >= 11 is 0. The lowest BCUT2D eigenvalue weighted by atomic mass is 9.85. The average molecular weight is 278 g/mol. The van der Waals surface area contributed by atoms with Gasteiger partial charge in [-0.05, 0) is 25.7 Å². The molecule has 3 heterocycles. The molecule has 0 aromatic carbocycles. The van der Waals surface area contributed by atoms with E-state index in [2.05, 4.69) is 34.0 Å². The Labute approximate surface area is 119 Å². The Hall–Kier alpha value is -1.56. The van der Waals surface area contributed by atoms with Crippen molar-refractivity contribution in [1.82, 2.24) is 15.3 Å². The van der Waals surface area contributed by atoms with Crippen LogP contribution in [-0.4, -0.2) is 49.4 Å². The van der Waals surface area contributed by atoms with Crippen LogP contribution in [-0.2, 0) is 0 Å². The maximum absolute atomic E-state index is 5.25. The summed E-state index contributed by atoms with van der Waals surface area (Å²) in [6.07, 6.45) is 0. The molecule has 0 amide bonds. The van der Waals surface area contributed by atoms with Gasteiger partial charge in [0, 0.05) is 25.2 Å². The molecule has 0 radical (unpaired) electrons. The van der Waals surface area contributed by atoms with Gasteiger partial charge in [0.15, 0.2) is 0 Å². The van der Waals surface area contributed by atoms with Crippen molar-refractivity contribution in [2.24, 2.45) is 11.8 Å². The highest BCUT2D eigenvalue weighted by Crippen LogP contribution is 2.42. The molecule has 20 heavy (non-hydrogen) atoms. The normalized spacial score (nSPS) is 27.5. The number of nitrogens with zero attached hydrogens (tertiary/aromatic N) is 3. The topological polar surface area (TPSA) is 59.5 Å². The first-order chi connectivity index (χ1) is 9.56. The van der Waals surface area contributed by atoms with E-state index in [0.717, 1.165) is 19.6 Å². The zero-order valence-electron chi connectivity index (χ0n) is 12.5. The van der Waals surface area contributed by atoms with Gasteiger partial charge in [0.1, 0.15) is 0 Å². The van der Waals surface area contributed by atoms with Gasteiger partial charge in [0.2, 0.25) is 17.7 Å². The summed E-state index contributed by atoms with van der Waals surface area (Å²) in [7, 11) is 3.22. The second-order valence-electron chi connectivity index (χ2n) is 6.04. The molecule has 1 aromatic rings. The average Bonchev–Trinajstić information content (AvgIpc) is 3.00. The molecule has 2 aliphatic heterocycles. The number of anilines is 1. The van der Waals surface area contributed by atoms with Crippen molar-refractivity contribution < 1.29 is 9.47 Å². The smallest absolute Gasteiger partial charge is 0.232 e. The zero-order valence-corrected chi connectivity index (χ0v) is 12.5. The molecule has 6 nitrogen and oxygen atoms in total. The van der Waals surface area contributed by atoms with Gasteiger partial charge in [-0.15, -0.1) is 0 Å². The lowest BCUT2D eigenvalue weighted by Crippen LogP contribution is -2.45. The van der Waals surface area contributed by atoms with E-state index in [4.69, 9.17) is 9.47 Å². The number of aromatic nitrogens is 2. The second-order valence-corrected chi connectivity index (χ2v) is 6.04. The van der Waals surface area contributed by atoms with E-state index < -0.39 is 0 Å². The number of methoxy groups -OCH3 is 2. The van der Waals surface area contributed by atoms with Crippen LogP contribution >= 0.6 is 0 Å². The summed E-state index contributed by atoms with van der Waals surface area (Å²) in [6, 6.07) is 1.70. The third-order valence-corrected chi connectivity index (χ3v) is 4.69. The molecule has 0 spiro atoms. The number of hydrogen-bond donors (Lipinski definition) is 1. The number of hydrogen-bond acceptors (Lipinski definition) is 6. The molecule has 0 bridgehead atoms. The van der Waals surface area contributed by atoms with Gasteiger partial charge in [0.25, 0.3) is 0 Å². The summed E-state index contributed by atoms with van der Waals surface area (Å²) in [5.74, 6) is 3.06. The first-order valence-corrected chi connectivity index (χ1v) is 7.01. The SMILES string of the molecule is COc1cc(OC)nc(N2CC3CNCC3C2(C)C)n1. The standard InChI is InChI=1S/C14H22N4O2/c1-14(2)10-7-15-6-9(10)8-18(14)13-16-11(19-3)5-12(17-13)20-4/h5,9-10,15H,6-8H2,1-4H3. The molecule has 110 valence electrons. The van der Waals surface area contributed by atoms with Gasteiger partial charge in [-0.2, -0.15) is 9.97 Å². The minimum Gasteiger partial charge on any atom is -0.481 e. The molecule has 2 aliphatic rings. The Balaban J connectivity index is 1.96. The number of nitrogens with one attached hydrogen (secondary N) is 1. The molecule has 2 atom stereocenters. The van der Waals surface area contributed by atoms with Crippen molar-refractivity contribution in [3.05, 3.63) is 6.07 Å². The molecule has 0 saturated carbocycles. The van der Waals surface area contributed by atoms with Crippen LogP contribution in [0.2, 0.25) is 0 Å². The van der Waals surface area contributed by atoms with Gasteiger partial charge in [-0.25, -0.2) is 0 Å². The third-order valence-electron chi connectivity index (χ3n) is 4.69. The van der Waals surface area contributed by atoms with E-state index in [1.165, 1.54) is 0 Å². The Morgan fingerprint density at radius 2 is 1.85 bits per heavy atom. The van der Waals surface area contributed by atoms with Crippen LogP contribution in [0.15, 0.2) is 6.07 Å². The van der Waals surface area contributed by atoms with Gasteiger partial charge < -0.3 is 19.7 Å². The quantitative estimate of drug-likeness (QED) is 0.887. The van der Waals surface area contributed by atoms with Crippen LogP contribution in [0.1, 0.15) is 13.8 Å². The number of rotatable bonds is 3. The Morgan fingerprint density at radius 3 is 2.40 bits per heavy atom. The van der Waals surface area contributed by atoms with E-state index in [0.29, 0.717) is 29.5 Å². The summed E-state index contributed by atoms with van der Waals surface area (Å²) in [5.41, 5.74) is 0.0333. The maximum atomic E-state index is 5.25. The Morgan fingerprint density at radius 1 is 1.20 bits per heavy atom. The van der Waals surface area contributed by atoms with Gasteiger partial charge in [-0.3, -0.25) is 0 Å². The highest BCUT2D eigenvalue weighted by Gasteiger charge is 2.50. The third kappa shape index (κ3) is 1.98. The Bertz CT molecular complexity index is 484. The minimum absolute atomic E-state index is 0.0333. The molecule has 0 aliphatic carbocycles. The lowest BCUT2D eigenvalue weighted by Gasteiger charge is -2.35. The van der Waals surface area contributed by atoms with Crippen molar-refractivity contribution in [1.29, 1.82) is 0 Å². The van der Waals surface area contributed by atoms with Crippen LogP contribution in [0.5, 0.6) is 11.8 Å². The predicted octanol–water partition coefficient (Wildman–Crippen LogP) is 0.928. The molecular weight excluding hydrogens is 256 g/mol. The summed E-state index contributed by atoms with van der Waals surface area (Å²) in [6.45, 7) is 7.64. The fraction of sp³-hybridized carbons (Fsp3) is 0.714. The predicted molar refractivity (Wildman–Crippen MR) is 76.4 cm³/mol. The summed E-state index contributed by atoms with van der Waals surface area (Å²) in [4.78, 5) is 11.3. The summed E-state index contributed by atoms with van der Waals surface area (Å²) < 4.78 is 10.5. The van der Waals surface area contributed by atoms with Gasteiger partial charge >= 0.3 is 0 Å². The lowest BCUT2D eigenvalue weighted by molar-refractivity contribution is 0.348. The largest absolute Gasteiger partial charge is 0.481 e. The first-order valence-electron chi connectivity index (χ1n) is 7.01. The Kier molecular flexibility index (Phi) is 3.20. The number of fused-ring (bicyclic) bond motifs is 1. The van der Waals surface area contributed by atoms with Crippen molar-refractivity contribution in [3.63, 3.8) is 0 Å². The highest BCUT2D eigenvalue weighted by atomic mass is 16.5. The van der Waals surface area contributed by atoms with Crippen molar-refractivity contribution >= 4 is 5.95 Å². The second kappa shape index (κ2) is 4.77. The van der Waals surface area contributed by atoms with Crippen LogP contribution in [0.25, 0.3) is 0 Å². The van der Waals surface area contributed by atoms with Crippen LogP contribution < -0.4 is 19.7 Å². The van der Waals surface area contributed by atoms with E-state index >= 15 is 0 Å². The van der Waals surface area contributed by atoms with E-state index in [1.54, 1.807) is 20.3 Å². The molecule has 3 rings (SSSR count). The fourth-order valence-electron chi connectivity index (χ4n) is 3.48. The van der Waals surface area contributed by atoms with Crippen LogP contribution in [0.3, 0.4) is 0 Å². The first kappa shape index (κ1) is 13.4. The van der Waals surface area contributed by atoms with E-state index in [1.807, 2.05) is 0 Å². The molecule has 1 N–H and O–H groups in total. The maximum Gasteiger partial charge on any atom is 0.232 e. The van der Waals surface area contributed by atoms with Crippen LogP contribution in [0, 0.1) is 11.8 Å². The molecule has 6 heteroatoms. The monoisotopic (exact) mass is 278 g/mol. The molecule has 2 unspecified atom stereocenters. The zero-order chi connectivity index (χ0) is 14.3. The van der Waals surface area contributed by atoms with Crippen molar-refractivity contribution in [3.8, 4) is 11.8 Å². The molecular formula is C14H22N4O2. The van der Waals surface area contributed by atoms with Crippen molar-refractivity contribution in [2.75, 3.05) is 38.8 Å². The van der Waals surface area contributed by atoms with Gasteiger partial charge in [0.05, 0.1) is 20.3 Å².